The molecular formula is C18H22ClN3O5S. The van der Waals surface area contributed by atoms with Crippen molar-refractivity contribution in [2.75, 3.05) is 19.0 Å². The minimum absolute atomic E-state index is 0.147. The highest BCUT2D eigenvalue weighted by Gasteiger charge is 2.28. The number of nitrogens with one attached hydrogen (secondary N) is 1. The van der Waals surface area contributed by atoms with Crippen molar-refractivity contribution in [2.24, 2.45) is 0 Å². The number of aryl methyl sites for hydroxylation is 1. The number of amides is 1. The molecule has 1 unspecified atom stereocenters. The lowest BCUT2D eigenvalue weighted by Crippen LogP contribution is -2.24. The predicted molar refractivity (Wildman–Crippen MR) is 106 cm³/mol. The number of hydrogen-bond acceptors (Lipinski definition) is 7. The number of anilines is 1. The highest BCUT2D eigenvalue weighted by atomic mass is 35.5. The lowest BCUT2D eigenvalue weighted by molar-refractivity contribution is -0.119. The molecule has 8 nitrogen and oxygen atoms in total. The van der Waals surface area contributed by atoms with Crippen LogP contribution in [-0.2, 0) is 14.3 Å². The van der Waals surface area contributed by atoms with E-state index < -0.39 is 23.9 Å². The maximum atomic E-state index is 12.7. The molecule has 0 aliphatic carbocycles. The van der Waals surface area contributed by atoms with Crippen LogP contribution in [0.2, 0.25) is 5.02 Å². The van der Waals surface area contributed by atoms with E-state index in [1.165, 1.54) is 11.8 Å². The summed E-state index contributed by atoms with van der Waals surface area (Å²) in [6.45, 7) is 7.10. The third-order valence-corrected chi connectivity index (χ3v) is 5.59. The van der Waals surface area contributed by atoms with Gasteiger partial charge in [-0.15, -0.1) is 11.3 Å². The fourth-order valence-electron chi connectivity index (χ4n) is 2.40. The predicted octanol–water partition coefficient (Wildman–Crippen LogP) is 3.77. The van der Waals surface area contributed by atoms with Crippen LogP contribution in [-0.4, -0.2) is 41.3 Å². The Labute approximate surface area is 171 Å². The third-order valence-electron chi connectivity index (χ3n) is 4.03. The van der Waals surface area contributed by atoms with E-state index in [1.54, 1.807) is 27.0 Å². The Morgan fingerprint density at radius 1 is 1.32 bits per heavy atom. The van der Waals surface area contributed by atoms with Crippen LogP contribution in [0.4, 0.5) is 5.00 Å². The van der Waals surface area contributed by atoms with Gasteiger partial charge in [-0.3, -0.25) is 9.48 Å². The van der Waals surface area contributed by atoms with Crippen LogP contribution in [0.25, 0.3) is 0 Å². The first kappa shape index (κ1) is 21.9. The minimum atomic E-state index is -0.685. The van der Waals surface area contributed by atoms with Crippen LogP contribution >= 0.6 is 22.9 Å². The zero-order valence-electron chi connectivity index (χ0n) is 16.3. The van der Waals surface area contributed by atoms with Gasteiger partial charge in [0.1, 0.15) is 15.9 Å². The number of esters is 2. The van der Waals surface area contributed by atoms with Gasteiger partial charge in [0.15, 0.2) is 0 Å². The average molecular weight is 428 g/mol. The summed E-state index contributed by atoms with van der Waals surface area (Å²) in [5.41, 5.74) is 1.15. The first-order valence-electron chi connectivity index (χ1n) is 8.62. The highest BCUT2D eigenvalue weighted by Crippen LogP contribution is 2.34. The molecule has 0 fully saturated rings. The summed E-state index contributed by atoms with van der Waals surface area (Å²) in [6.07, 6.45) is 2.20. The van der Waals surface area contributed by atoms with E-state index in [2.05, 4.69) is 10.4 Å². The van der Waals surface area contributed by atoms with E-state index in [1.807, 2.05) is 6.92 Å². The van der Waals surface area contributed by atoms with Crippen LogP contribution in [0.15, 0.2) is 6.20 Å². The van der Waals surface area contributed by atoms with Gasteiger partial charge in [0.25, 0.3) is 0 Å². The van der Waals surface area contributed by atoms with Crippen LogP contribution in [0.5, 0.6) is 0 Å². The standard InChI is InChI=1S/C18H22ClN3O5S/c1-6-7-27-17(24)13-9(2)14(18(25)26-5)28-16(13)20-15(23)11(4)22-8-12(19)10(3)21-22/h8,11H,6-7H2,1-5H3,(H,20,23). The molecule has 0 aromatic carbocycles. The molecule has 0 spiro atoms. The summed E-state index contributed by atoms with van der Waals surface area (Å²) in [5, 5.41) is 7.57. The summed E-state index contributed by atoms with van der Waals surface area (Å²) in [4.78, 5) is 37.4. The Morgan fingerprint density at radius 2 is 2.00 bits per heavy atom. The Hall–Kier alpha value is -2.39. The number of halogens is 1. The molecule has 0 bridgehead atoms. The zero-order valence-corrected chi connectivity index (χ0v) is 17.9. The van der Waals surface area contributed by atoms with Crippen molar-refractivity contribution in [2.45, 2.75) is 40.2 Å². The normalized spacial score (nSPS) is 11.8. The molecule has 2 heterocycles. The molecule has 28 heavy (non-hydrogen) atoms. The Kier molecular flexibility index (Phi) is 7.20. The van der Waals surface area contributed by atoms with Crippen LogP contribution in [0.3, 0.4) is 0 Å². The van der Waals surface area contributed by atoms with Gasteiger partial charge in [0.2, 0.25) is 5.91 Å². The molecule has 0 saturated carbocycles. The largest absolute Gasteiger partial charge is 0.465 e. The third kappa shape index (κ3) is 4.53. The number of carbonyl (C=O) groups excluding carboxylic acids is 3. The van der Waals surface area contributed by atoms with Crippen molar-refractivity contribution in [1.82, 2.24) is 9.78 Å². The second-order valence-corrected chi connectivity index (χ2v) is 7.52. The zero-order chi connectivity index (χ0) is 21.0. The summed E-state index contributed by atoms with van der Waals surface area (Å²) >= 11 is 6.97. The SMILES string of the molecule is CCCOC(=O)c1c(NC(=O)C(C)n2cc(Cl)c(C)n2)sc(C(=O)OC)c1C. The van der Waals surface area contributed by atoms with Gasteiger partial charge in [-0.2, -0.15) is 5.10 Å². The first-order valence-corrected chi connectivity index (χ1v) is 9.81. The molecule has 2 aromatic rings. The summed E-state index contributed by atoms with van der Waals surface area (Å²) in [7, 11) is 1.25. The second kappa shape index (κ2) is 9.20. The van der Waals surface area contributed by atoms with Gasteiger partial charge >= 0.3 is 11.9 Å². The fourth-order valence-corrected chi connectivity index (χ4v) is 3.65. The van der Waals surface area contributed by atoms with Crippen LogP contribution in [0, 0.1) is 13.8 Å². The van der Waals surface area contributed by atoms with Gasteiger partial charge in [-0.1, -0.05) is 18.5 Å². The summed E-state index contributed by atoms with van der Waals surface area (Å²) < 4.78 is 11.4. The van der Waals surface area contributed by atoms with Crippen LogP contribution < -0.4 is 5.32 Å². The van der Waals surface area contributed by atoms with Crippen molar-refractivity contribution >= 4 is 45.8 Å². The summed E-state index contributed by atoms with van der Waals surface area (Å²) in [5.74, 6) is -1.61. The fraction of sp³-hybridized carbons (Fsp3) is 0.444. The van der Waals surface area contributed by atoms with Crippen molar-refractivity contribution in [3.63, 3.8) is 0 Å². The monoisotopic (exact) mass is 427 g/mol. The van der Waals surface area contributed by atoms with Crippen LogP contribution in [0.1, 0.15) is 57.6 Å². The lowest BCUT2D eigenvalue weighted by atomic mass is 10.1. The summed E-state index contributed by atoms with van der Waals surface area (Å²) in [6, 6.07) is -0.685. The highest BCUT2D eigenvalue weighted by molar-refractivity contribution is 7.18. The van der Waals surface area contributed by atoms with E-state index in [-0.39, 0.29) is 22.0 Å². The number of aromatic nitrogens is 2. The molecule has 1 atom stereocenters. The van der Waals surface area contributed by atoms with E-state index in [0.717, 1.165) is 11.3 Å². The Bertz CT molecular complexity index is 886. The smallest absolute Gasteiger partial charge is 0.348 e. The number of ether oxygens (including phenoxy) is 2. The van der Waals surface area contributed by atoms with Crippen molar-refractivity contribution in [3.05, 3.63) is 32.9 Å². The van der Waals surface area contributed by atoms with Gasteiger partial charge in [0, 0.05) is 6.20 Å². The molecule has 1 amide bonds. The van der Waals surface area contributed by atoms with Gasteiger partial charge in [-0.25, -0.2) is 9.59 Å². The maximum Gasteiger partial charge on any atom is 0.348 e. The molecule has 2 rings (SSSR count). The number of hydrogen-bond donors (Lipinski definition) is 1. The van der Waals surface area contributed by atoms with E-state index in [0.29, 0.717) is 22.7 Å². The topological polar surface area (TPSA) is 99.5 Å². The van der Waals surface area contributed by atoms with Gasteiger partial charge in [-0.05, 0) is 32.8 Å². The Balaban J connectivity index is 2.35. The number of thiophene rings is 1. The van der Waals surface area contributed by atoms with Crippen molar-refractivity contribution in [1.29, 1.82) is 0 Å². The maximum absolute atomic E-state index is 12.7. The molecule has 152 valence electrons. The van der Waals surface area contributed by atoms with Gasteiger partial charge < -0.3 is 14.8 Å². The minimum Gasteiger partial charge on any atom is -0.465 e. The van der Waals surface area contributed by atoms with E-state index in [4.69, 9.17) is 21.1 Å². The number of rotatable bonds is 7. The molecule has 10 heteroatoms. The van der Waals surface area contributed by atoms with E-state index >= 15 is 0 Å². The number of carbonyl (C=O) groups is 3. The molecule has 0 saturated heterocycles. The quantitative estimate of drug-likeness (QED) is 0.675. The molecule has 1 N–H and O–H groups in total. The molecular weight excluding hydrogens is 406 g/mol. The molecule has 0 radical (unpaired) electrons. The second-order valence-electron chi connectivity index (χ2n) is 6.10. The Morgan fingerprint density at radius 3 is 2.54 bits per heavy atom. The molecule has 0 aliphatic heterocycles. The first-order chi connectivity index (χ1) is 13.2. The lowest BCUT2D eigenvalue weighted by Gasteiger charge is -2.13. The molecule has 2 aromatic heterocycles. The van der Waals surface area contributed by atoms with Gasteiger partial charge in [0.05, 0.1) is 30.0 Å². The molecule has 0 aliphatic rings. The van der Waals surface area contributed by atoms with E-state index in [9.17, 15) is 14.4 Å². The van der Waals surface area contributed by atoms with Crippen molar-refractivity contribution in [3.8, 4) is 0 Å². The number of nitrogens with zero attached hydrogens (tertiary/aromatic N) is 2. The van der Waals surface area contributed by atoms with Crippen molar-refractivity contribution < 1.29 is 23.9 Å². The average Bonchev–Trinajstić information content (AvgIpc) is 3.17. The number of methoxy groups -OCH3 is 1.